The molecule has 1 aliphatic rings. The van der Waals surface area contributed by atoms with Crippen molar-refractivity contribution in [3.8, 4) is 0 Å². The number of hydrogen-bond donors (Lipinski definition) is 1. The molecule has 0 aromatic heterocycles. The number of hydrogen-bond acceptors (Lipinski definition) is 4. The van der Waals surface area contributed by atoms with Crippen molar-refractivity contribution < 1.29 is 4.84 Å². The fraction of sp³-hybridized carbons (Fsp3) is 0.364. The van der Waals surface area contributed by atoms with Crippen LogP contribution >= 0.6 is 11.6 Å². The molecule has 0 saturated heterocycles. The number of hydrazine groups is 1. The number of nitrogens with one attached hydrogen (secondary N) is 1. The molecule has 0 radical (unpaired) electrons. The van der Waals surface area contributed by atoms with E-state index in [4.69, 9.17) is 16.4 Å². The second kappa shape index (κ2) is 3.96. The second-order valence-electron chi connectivity index (χ2n) is 4.19. The molecule has 2 rings (SSSR count). The van der Waals surface area contributed by atoms with Gasteiger partial charge in [-0.25, -0.2) is 0 Å². The highest BCUT2D eigenvalue weighted by Gasteiger charge is 2.28. The standard InChI is InChI=1S/C11H14ClN3O/c1-11(2)14-15(3)10(13-16-11)8-4-6-9(12)7-5-8/h4-7,14H,1-3H3. The minimum atomic E-state index is -0.481. The molecule has 16 heavy (non-hydrogen) atoms. The van der Waals surface area contributed by atoms with Crippen LogP contribution in [0.1, 0.15) is 19.4 Å². The highest BCUT2D eigenvalue weighted by atomic mass is 35.5. The van der Waals surface area contributed by atoms with E-state index in [1.165, 1.54) is 0 Å². The first kappa shape index (κ1) is 11.2. The summed E-state index contributed by atoms with van der Waals surface area (Å²) in [5.41, 5.74) is 3.64. The van der Waals surface area contributed by atoms with Gasteiger partial charge in [0.25, 0.3) is 0 Å². The molecular weight excluding hydrogens is 226 g/mol. The van der Waals surface area contributed by atoms with Crippen LogP contribution in [0.4, 0.5) is 0 Å². The Morgan fingerprint density at radius 2 is 1.94 bits per heavy atom. The molecule has 5 heteroatoms. The average Bonchev–Trinajstić information content (AvgIpc) is 2.19. The first-order valence-corrected chi connectivity index (χ1v) is 5.39. The van der Waals surface area contributed by atoms with E-state index in [0.717, 1.165) is 11.4 Å². The number of rotatable bonds is 1. The van der Waals surface area contributed by atoms with Crippen LogP contribution < -0.4 is 5.43 Å². The van der Waals surface area contributed by atoms with E-state index in [1.807, 2.05) is 50.2 Å². The molecular formula is C11H14ClN3O. The summed E-state index contributed by atoms with van der Waals surface area (Å²) in [6.45, 7) is 3.82. The van der Waals surface area contributed by atoms with Gasteiger partial charge in [0, 0.05) is 17.6 Å². The summed E-state index contributed by atoms with van der Waals surface area (Å²) in [7, 11) is 1.90. The third kappa shape index (κ3) is 2.28. The van der Waals surface area contributed by atoms with Crippen molar-refractivity contribution in [2.24, 2.45) is 5.16 Å². The molecule has 0 atom stereocenters. The van der Waals surface area contributed by atoms with Crippen molar-refractivity contribution in [3.05, 3.63) is 34.9 Å². The summed E-state index contributed by atoms with van der Waals surface area (Å²) in [4.78, 5) is 5.34. The summed E-state index contributed by atoms with van der Waals surface area (Å²) < 4.78 is 0. The molecule has 1 heterocycles. The summed E-state index contributed by atoms with van der Waals surface area (Å²) in [6, 6.07) is 7.46. The molecule has 1 N–H and O–H groups in total. The quantitative estimate of drug-likeness (QED) is 0.817. The Kier molecular flexibility index (Phi) is 2.78. The maximum Gasteiger partial charge on any atom is 0.199 e. The Morgan fingerprint density at radius 1 is 1.31 bits per heavy atom. The van der Waals surface area contributed by atoms with E-state index in [9.17, 15) is 0 Å². The highest BCUT2D eigenvalue weighted by Crippen LogP contribution is 2.17. The van der Waals surface area contributed by atoms with Crippen LogP contribution in [0, 0.1) is 0 Å². The molecule has 0 amide bonds. The highest BCUT2D eigenvalue weighted by molar-refractivity contribution is 6.30. The minimum absolute atomic E-state index is 0.481. The van der Waals surface area contributed by atoms with Gasteiger partial charge in [-0.3, -0.25) is 5.01 Å². The summed E-state index contributed by atoms with van der Waals surface area (Å²) in [6.07, 6.45) is 0. The maximum absolute atomic E-state index is 5.83. The van der Waals surface area contributed by atoms with Gasteiger partial charge < -0.3 is 4.84 Å². The van der Waals surface area contributed by atoms with Gasteiger partial charge in [-0.2, -0.15) is 5.43 Å². The molecule has 0 aliphatic carbocycles. The van der Waals surface area contributed by atoms with Crippen LogP contribution in [0.25, 0.3) is 0 Å². The van der Waals surface area contributed by atoms with Crippen molar-refractivity contribution in [1.82, 2.24) is 10.4 Å². The molecule has 0 unspecified atom stereocenters. The van der Waals surface area contributed by atoms with Gasteiger partial charge in [0.1, 0.15) is 0 Å². The lowest BCUT2D eigenvalue weighted by Crippen LogP contribution is -2.56. The number of amidine groups is 1. The number of oxime groups is 1. The van der Waals surface area contributed by atoms with E-state index in [0.29, 0.717) is 5.02 Å². The van der Waals surface area contributed by atoms with Crippen molar-refractivity contribution >= 4 is 17.4 Å². The Labute approximate surface area is 99.8 Å². The Hall–Kier alpha value is -1.26. The normalized spacial score (nSPS) is 19.0. The molecule has 86 valence electrons. The lowest BCUT2D eigenvalue weighted by Gasteiger charge is -2.36. The molecule has 0 spiro atoms. The van der Waals surface area contributed by atoms with Crippen molar-refractivity contribution in [3.63, 3.8) is 0 Å². The third-order valence-electron chi connectivity index (χ3n) is 2.22. The van der Waals surface area contributed by atoms with Crippen molar-refractivity contribution in [2.45, 2.75) is 19.6 Å². The molecule has 0 fully saturated rings. The number of nitrogens with zero attached hydrogens (tertiary/aromatic N) is 2. The molecule has 1 aromatic rings. The number of benzene rings is 1. The van der Waals surface area contributed by atoms with E-state index >= 15 is 0 Å². The van der Waals surface area contributed by atoms with E-state index in [-0.39, 0.29) is 0 Å². The van der Waals surface area contributed by atoms with Crippen molar-refractivity contribution in [1.29, 1.82) is 0 Å². The number of halogens is 1. The zero-order valence-electron chi connectivity index (χ0n) is 9.49. The van der Waals surface area contributed by atoms with Crippen molar-refractivity contribution in [2.75, 3.05) is 7.05 Å². The summed E-state index contributed by atoms with van der Waals surface area (Å²) in [5, 5.41) is 6.65. The smallest absolute Gasteiger partial charge is 0.199 e. The summed E-state index contributed by atoms with van der Waals surface area (Å²) >= 11 is 5.83. The van der Waals surface area contributed by atoms with Crippen LogP contribution in [-0.2, 0) is 4.84 Å². The predicted molar refractivity (Wildman–Crippen MR) is 64.1 cm³/mol. The van der Waals surface area contributed by atoms with E-state index in [2.05, 4.69) is 10.6 Å². The van der Waals surface area contributed by atoms with Gasteiger partial charge in [0.05, 0.1) is 0 Å². The fourth-order valence-corrected chi connectivity index (χ4v) is 1.67. The van der Waals surface area contributed by atoms with Crippen LogP contribution in [0.2, 0.25) is 5.02 Å². The zero-order chi connectivity index (χ0) is 11.8. The van der Waals surface area contributed by atoms with E-state index < -0.39 is 5.72 Å². The maximum atomic E-state index is 5.83. The third-order valence-corrected chi connectivity index (χ3v) is 2.47. The monoisotopic (exact) mass is 239 g/mol. The van der Waals surface area contributed by atoms with Gasteiger partial charge in [-0.05, 0) is 38.1 Å². The predicted octanol–water partition coefficient (Wildman–Crippen LogP) is 2.20. The SMILES string of the molecule is CN1NC(C)(C)ON=C1c1ccc(Cl)cc1. The second-order valence-corrected chi connectivity index (χ2v) is 4.63. The topological polar surface area (TPSA) is 36.9 Å². The lowest BCUT2D eigenvalue weighted by molar-refractivity contribution is -0.0901. The molecule has 4 nitrogen and oxygen atoms in total. The molecule has 0 bridgehead atoms. The van der Waals surface area contributed by atoms with Gasteiger partial charge >= 0.3 is 0 Å². The van der Waals surface area contributed by atoms with Gasteiger partial charge in [0.2, 0.25) is 0 Å². The lowest BCUT2D eigenvalue weighted by atomic mass is 10.2. The first-order chi connectivity index (χ1) is 7.48. The fourth-order valence-electron chi connectivity index (χ4n) is 1.54. The van der Waals surface area contributed by atoms with Gasteiger partial charge in [0.15, 0.2) is 11.6 Å². The largest absolute Gasteiger partial charge is 0.370 e. The minimum Gasteiger partial charge on any atom is -0.370 e. The van der Waals surface area contributed by atoms with Crippen LogP contribution in [0.15, 0.2) is 29.4 Å². The van der Waals surface area contributed by atoms with Crippen LogP contribution in [-0.4, -0.2) is 23.6 Å². The van der Waals surface area contributed by atoms with Crippen LogP contribution in [0.3, 0.4) is 0 Å². The van der Waals surface area contributed by atoms with Gasteiger partial charge in [-0.15, -0.1) is 0 Å². The molecule has 1 aromatic carbocycles. The Balaban J connectivity index is 2.28. The average molecular weight is 240 g/mol. The van der Waals surface area contributed by atoms with Crippen LogP contribution in [0.5, 0.6) is 0 Å². The Bertz CT molecular complexity index is 414. The molecule has 1 aliphatic heterocycles. The van der Waals surface area contributed by atoms with Gasteiger partial charge in [-0.1, -0.05) is 16.8 Å². The Morgan fingerprint density at radius 3 is 2.50 bits per heavy atom. The molecule has 0 saturated carbocycles. The van der Waals surface area contributed by atoms with E-state index in [1.54, 1.807) is 0 Å². The zero-order valence-corrected chi connectivity index (χ0v) is 10.2. The first-order valence-electron chi connectivity index (χ1n) is 5.02. The summed E-state index contributed by atoms with van der Waals surface area (Å²) in [5.74, 6) is 0.732.